The molecular formula is C16H13ClN4S. The van der Waals surface area contributed by atoms with E-state index in [2.05, 4.69) is 27.1 Å². The summed E-state index contributed by atoms with van der Waals surface area (Å²) in [6.45, 7) is 0.713. The van der Waals surface area contributed by atoms with Gasteiger partial charge in [-0.15, -0.1) is 0 Å². The molecule has 0 amide bonds. The van der Waals surface area contributed by atoms with Crippen LogP contribution in [0.3, 0.4) is 0 Å². The lowest BCUT2D eigenvalue weighted by molar-refractivity contribution is 0.823. The van der Waals surface area contributed by atoms with Crippen molar-refractivity contribution in [2.24, 2.45) is 0 Å². The van der Waals surface area contributed by atoms with Crippen LogP contribution in [-0.2, 0) is 6.54 Å². The van der Waals surface area contributed by atoms with Crippen molar-refractivity contribution in [3.05, 3.63) is 76.6 Å². The molecule has 0 bridgehead atoms. The molecule has 110 valence electrons. The summed E-state index contributed by atoms with van der Waals surface area (Å²) >= 11 is 7.77. The Morgan fingerprint density at radius 2 is 1.73 bits per heavy atom. The van der Waals surface area contributed by atoms with Crippen LogP contribution in [0.2, 0.25) is 5.15 Å². The molecule has 0 aliphatic carbocycles. The molecule has 0 atom stereocenters. The molecular weight excluding hydrogens is 316 g/mol. The van der Waals surface area contributed by atoms with Crippen LogP contribution in [-0.4, -0.2) is 19.5 Å². The zero-order valence-corrected chi connectivity index (χ0v) is 13.2. The predicted octanol–water partition coefficient (Wildman–Crippen LogP) is 4.28. The number of halogens is 1. The van der Waals surface area contributed by atoms with Gasteiger partial charge in [-0.3, -0.25) is 0 Å². The first-order valence-electron chi connectivity index (χ1n) is 6.67. The predicted molar refractivity (Wildman–Crippen MR) is 90.2 cm³/mol. The first-order valence-corrected chi connectivity index (χ1v) is 7.99. The number of imidazole rings is 1. The second-order valence-corrected chi connectivity index (χ2v) is 5.66. The number of benzene rings is 1. The first-order chi connectivity index (χ1) is 10.8. The number of nitrogens with zero attached hydrogens (tertiary/aromatic N) is 4. The number of thiophene rings is 1. The summed E-state index contributed by atoms with van der Waals surface area (Å²) in [5, 5.41) is 4.52. The monoisotopic (exact) mass is 328 g/mol. The number of rotatable bonds is 2. The lowest BCUT2D eigenvalue weighted by atomic mass is 10.2. The quantitative estimate of drug-likeness (QED) is 0.516. The topological polar surface area (TPSA) is 43.6 Å². The van der Waals surface area contributed by atoms with Crippen molar-refractivity contribution >= 4 is 34.1 Å². The van der Waals surface area contributed by atoms with Crippen LogP contribution in [0.5, 0.6) is 0 Å². The third-order valence-corrected chi connectivity index (χ3v) is 3.89. The minimum atomic E-state index is 0.434. The molecule has 0 radical (unpaired) electrons. The Hall–Kier alpha value is -2.24. The van der Waals surface area contributed by atoms with Crippen LogP contribution in [0.1, 0.15) is 5.56 Å². The van der Waals surface area contributed by atoms with Gasteiger partial charge in [-0.2, -0.15) is 11.3 Å². The summed E-state index contributed by atoms with van der Waals surface area (Å²) in [6, 6.07) is 14.2. The Morgan fingerprint density at radius 1 is 0.955 bits per heavy atom. The van der Waals surface area contributed by atoms with Gasteiger partial charge >= 0.3 is 0 Å². The zero-order chi connectivity index (χ0) is 15.2. The van der Waals surface area contributed by atoms with E-state index < -0.39 is 0 Å². The maximum atomic E-state index is 6.06. The van der Waals surface area contributed by atoms with Gasteiger partial charge in [0, 0.05) is 6.54 Å². The Bertz CT molecular complexity index is 811. The molecule has 3 aromatic heterocycles. The summed E-state index contributed by atoms with van der Waals surface area (Å²) in [5.41, 5.74) is 2.59. The lowest BCUT2D eigenvalue weighted by Crippen LogP contribution is -1.98. The second kappa shape index (κ2) is 7.15. The fraction of sp³-hybridized carbons (Fsp3) is 0.0625. The summed E-state index contributed by atoms with van der Waals surface area (Å²) in [6.07, 6.45) is 3.16. The molecule has 6 heteroatoms. The highest BCUT2D eigenvalue weighted by molar-refractivity contribution is 7.07. The standard InChI is InChI=1S/C12H9ClN4.C4H4S/c13-11-10-12(15-7-14-11)16-8-17(10)6-9-4-2-1-3-5-9;1-2-4-5-3-1/h1-5,7-8H,6H2;1-4H. The van der Waals surface area contributed by atoms with Crippen molar-refractivity contribution in [1.29, 1.82) is 0 Å². The van der Waals surface area contributed by atoms with Crippen molar-refractivity contribution < 1.29 is 0 Å². The summed E-state index contributed by atoms with van der Waals surface area (Å²) in [7, 11) is 0. The number of hydrogen-bond acceptors (Lipinski definition) is 4. The fourth-order valence-corrected chi connectivity index (χ4v) is 2.69. The molecule has 4 nitrogen and oxygen atoms in total. The van der Waals surface area contributed by atoms with Gasteiger partial charge < -0.3 is 4.57 Å². The van der Waals surface area contributed by atoms with Crippen LogP contribution in [0.4, 0.5) is 0 Å². The number of aromatic nitrogens is 4. The molecule has 1 aromatic carbocycles. The molecule has 22 heavy (non-hydrogen) atoms. The highest BCUT2D eigenvalue weighted by Gasteiger charge is 2.08. The largest absolute Gasteiger partial charge is 0.322 e. The van der Waals surface area contributed by atoms with Gasteiger partial charge in [-0.25, -0.2) is 15.0 Å². The van der Waals surface area contributed by atoms with E-state index in [1.54, 1.807) is 17.7 Å². The van der Waals surface area contributed by atoms with Crippen LogP contribution < -0.4 is 0 Å². The van der Waals surface area contributed by atoms with Gasteiger partial charge in [-0.1, -0.05) is 54.1 Å². The van der Waals surface area contributed by atoms with Gasteiger partial charge in [0.05, 0.1) is 6.33 Å². The molecule has 0 saturated heterocycles. The summed E-state index contributed by atoms with van der Waals surface area (Å²) in [5.74, 6) is 0. The average molecular weight is 329 g/mol. The highest BCUT2D eigenvalue weighted by atomic mass is 35.5. The van der Waals surface area contributed by atoms with Gasteiger partial charge in [-0.05, 0) is 16.3 Å². The Balaban J connectivity index is 0.000000246. The van der Waals surface area contributed by atoms with Crippen LogP contribution in [0.15, 0.2) is 65.9 Å². The van der Waals surface area contributed by atoms with Crippen molar-refractivity contribution in [2.45, 2.75) is 6.54 Å². The Morgan fingerprint density at radius 3 is 2.41 bits per heavy atom. The second-order valence-electron chi connectivity index (χ2n) is 4.49. The van der Waals surface area contributed by atoms with Crippen LogP contribution in [0, 0.1) is 0 Å². The van der Waals surface area contributed by atoms with E-state index >= 15 is 0 Å². The Kier molecular flexibility index (Phi) is 4.78. The Labute approximate surface area is 137 Å². The van der Waals surface area contributed by atoms with Gasteiger partial charge in [0.2, 0.25) is 0 Å². The van der Waals surface area contributed by atoms with E-state index in [0.29, 0.717) is 17.3 Å². The minimum Gasteiger partial charge on any atom is -0.322 e. The molecule has 4 rings (SSSR count). The van der Waals surface area contributed by atoms with E-state index in [4.69, 9.17) is 11.6 Å². The van der Waals surface area contributed by atoms with E-state index in [-0.39, 0.29) is 0 Å². The third-order valence-electron chi connectivity index (χ3n) is 2.99. The normalized spacial score (nSPS) is 10.2. The third kappa shape index (κ3) is 3.50. The van der Waals surface area contributed by atoms with E-state index in [1.807, 2.05) is 45.7 Å². The van der Waals surface area contributed by atoms with Gasteiger partial charge in [0.1, 0.15) is 11.8 Å². The van der Waals surface area contributed by atoms with Crippen molar-refractivity contribution in [3.8, 4) is 0 Å². The smallest absolute Gasteiger partial charge is 0.182 e. The fourth-order valence-electron chi connectivity index (χ4n) is 2.00. The molecule has 3 heterocycles. The van der Waals surface area contributed by atoms with Crippen molar-refractivity contribution in [2.75, 3.05) is 0 Å². The first kappa shape index (κ1) is 14.7. The SMILES string of the molecule is Clc1ncnc2ncn(Cc3ccccc3)c12.c1ccsc1. The molecule has 0 spiro atoms. The molecule has 0 saturated carbocycles. The molecule has 0 unspecified atom stereocenters. The van der Waals surface area contributed by atoms with E-state index in [1.165, 1.54) is 11.9 Å². The maximum absolute atomic E-state index is 6.06. The summed E-state index contributed by atoms with van der Waals surface area (Å²) < 4.78 is 1.95. The van der Waals surface area contributed by atoms with Crippen molar-refractivity contribution in [1.82, 2.24) is 19.5 Å². The minimum absolute atomic E-state index is 0.434. The van der Waals surface area contributed by atoms with Gasteiger partial charge in [0.15, 0.2) is 10.8 Å². The van der Waals surface area contributed by atoms with Crippen LogP contribution in [0.25, 0.3) is 11.2 Å². The number of hydrogen-bond donors (Lipinski definition) is 0. The molecule has 4 aromatic rings. The van der Waals surface area contributed by atoms with E-state index in [9.17, 15) is 0 Å². The average Bonchev–Trinajstić information content (AvgIpc) is 3.22. The molecule has 0 fully saturated rings. The maximum Gasteiger partial charge on any atom is 0.182 e. The molecule has 0 aliphatic heterocycles. The van der Waals surface area contributed by atoms with Gasteiger partial charge in [0.25, 0.3) is 0 Å². The van der Waals surface area contributed by atoms with Crippen LogP contribution >= 0.6 is 22.9 Å². The van der Waals surface area contributed by atoms with E-state index in [0.717, 1.165) is 5.52 Å². The highest BCUT2D eigenvalue weighted by Crippen LogP contribution is 2.19. The van der Waals surface area contributed by atoms with Crippen molar-refractivity contribution in [3.63, 3.8) is 0 Å². The number of fused-ring (bicyclic) bond motifs is 1. The zero-order valence-electron chi connectivity index (χ0n) is 11.6. The molecule has 0 N–H and O–H groups in total. The molecule has 0 aliphatic rings. The summed E-state index contributed by atoms with van der Waals surface area (Å²) in [4.78, 5) is 12.3. The lowest BCUT2D eigenvalue weighted by Gasteiger charge is -2.04.